The zero-order valence-electron chi connectivity index (χ0n) is 21.2. The van der Waals surface area contributed by atoms with Crippen molar-refractivity contribution in [1.29, 1.82) is 5.26 Å². The summed E-state index contributed by atoms with van der Waals surface area (Å²) < 4.78 is 6.24. The lowest BCUT2D eigenvalue weighted by atomic mass is 10.0. The summed E-state index contributed by atoms with van der Waals surface area (Å²) >= 11 is 0. The highest BCUT2D eigenvalue weighted by molar-refractivity contribution is 5.94. The molecule has 0 amide bonds. The van der Waals surface area contributed by atoms with E-state index in [-0.39, 0.29) is 22.8 Å². The number of anilines is 1. The van der Waals surface area contributed by atoms with E-state index in [1.165, 1.54) is 12.1 Å². The van der Waals surface area contributed by atoms with E-state index >= 15 is 0 Å². The Balaban J connectivity index is 1.69. The highest BCUT2D eigenvalue weighted by atomic mass is 16.4. The molecule has 0 aliphatic carbocycles. The van der Waals surface area contributed by atoms with Crippen LogP contribution in [0.15, 0.2) is 92.2 Å². The average molecular weight is 507 g/mol. The molecule has 0 aliphatic rings. The Morgan fingerprint density at radius 3 is 2.58 bits per heavy atom. The smallest absolute Gasteiger partial charge is 0.337 e. The summed E-state index contributed by atoms with van der Waals surface area (Å²) in [6.07, 6.45) is 1.71. The van der Waals surface area contributed by atoms with Crippen molar-refractivity contribution in [3.05, 3.63) is 117 Å². The van der Waals surface area contributed by atoms with Crippen LogP contribution < -0.4 is 10.7 Å². The van der Waals surface area contributed by atoms with Crippen LogP contribution in [0.3, 0.4) is 0 Å². The Hall–Kier alpha value is -5.03. The standard InChI is InChI=1S/C30H26N4O4/c1-4-25(34-32-17-21-11-9-20(16-31)10-12-21)28-15-27(35)24-14-18(2)13-23(29(24)38-28)19(3)33-26-8-6-5-7-22(26)30(36)37/h4-15,19,33H,17H2,1-3H3,(H,36,37)/b25-4-,34-32?. The number of aromatic carboxylic acids is 1. The molecule has 0 saturated carbocycles. The molecule has 1 aromatic heterocycles. The number of aryl methyl sites for hydroxylation is 1. The van der Waals surface area contributed by atoms with Crippen molar-refractivity contribution in [2.75, 3.05) is 5.32 Å². The third-order valence-electron chi connectivity index (χ3n) is 6.04. The number of carboxylic acids is 1. The topological polar surface area (TPSA) is 128 Å². The largest absolute Gasteiger partial charge is 0.478 e. The molecule has 0 saturated heterocycles. The Labute approximate surface area is 219 Å². The van der Waals surface area contributed by atoms with Crippen LogP contribution in [0.4, 0.5) is 5.69 Å². The minimum atomic E-state index is -1.03. The molecule has 0 aliphatic heterocycles. The summed E-state index contributed by atoms with van der Waals surface area (Å²) in [6, 6.07) is 20.5. The van der Waals surface area contributed by atoms with E-state index in [9.17, 15) is 14.7 Å². The number of hydrogen-bond acceptors (Lipinski definition) is 7. The Morgan fingerprint density at radius 2 is 1.89 bits per heavy atom. The molecule has 8 heteroatoms. The van der Waals surface area contributed by atoms with Gasteiger partial charge in [-0.1, -0.05) is 36.4 Å². The molecule has 1 unspecified atom stereocenters. The first-order valence-corrected chi connectivity index (χ1v) is 12.0. The van der Waals surface area contributed by atoms with E-state index in [0.29, 0.717) is 40.0 Å². The second-order valence-electron chi connectivity index (χ2n) is 8.80. The van der Waals surface area contributed by atoms with Gasteiger partial charge in [-0.2, -0.15) is 15.5 Å². The molecule has 0 bridgehead atoms. The number of nitriles is 1. The molecule has 4 rings (SSSR count). The van der Waals surface area contributed by atoms with Gasteiger partial charge < -0.3 is 14.8 Å². The van der Waals surface area contributed by atoms with E-state index in [1.54, 1.807) is 49.4 Å². The molecule has 8 nitrogen and oxygen atoms in total. The van der Waals surface area contributed by atoms with Crippen molar-refractivity contribution in [3.8, 4) is 6.07 Å². The van der Waals surface area contributed by atoms with E-state index in [0.717, 1.165) is 11.1 Å². The Bertz CT molecular complexity index is 1660. The average Bonchev–Trinajstić information content (AvgIpc) is 2.91. The fourth-order valence-electron chi connectivity index (χ4n) is 4.12. The molecule has 0 fully saturated rings. The van der Waals surface area contributed by atoms with Crippen molar-refractivity contribution in [2.24, 2.45) is 10.2 Å². The predicted octanol–water partition coefficient (Wildman–Crippen LogP) is 6.86. The van der Waals surface area contributed by atoms with Crippen LogP contribution in [-0.2, 0) is 6.54 Å². The summed E-state index contributed by atoms with van der Waals surface area (Å²) in [7, 11) is 0. The number of benzene rings is 3. The van der Waals surface area contributed by atoms with E-state index in [4.69, 9.17) is 9.68 Å². The first-order valence-electron chi connectivity index (χ1n) is 12.0. The van der Waals surface area contributed by atoms with Crippen LogP contribution in [0.2, 0.25) is 0 Å². The molecule has 0 radical (unpaired) electrons. The number of carbonyl (C=O) groups is 1. The maximum atomic E-state index is 13.1. The number of hydrogen-bond donors (Lipinski definition) is 2. The van der Waals surface area contributed by atoms with Gasteiger partial charge in [-0.25, -0.2) is 4.79 Å². The molecule has 3 aromatic carbocycles. The van der Waals surface area contributed by atoms with Gasteiger partial charge in [0.1, 0.15) is 11.3 Å². The fourth-order valence-corrected chi connectivity index (χ4v) is 4.12. The minimum Gasteiger partial charge on any atom is -0.478 e. The fraction of sp³-hybridized carbons (Fsp3) is 0.167. The normalized spacial score (nSPS) is 12.4. The van der Waals surface area contributed by atoms with Gasteiger partial charge in [0, 0.05) is 17.3 Å². The highest BCUT2D eigenvalue weighted by Gasteiger charge is 2.19. The second kappa shape index (κ2) is 11.4. The van der Waals surface area contributed by atoms with Crippen molar-refractivity contribution in [3.63, 3.8) is 0 Å². The lowest BCUT2D eigenvalue weighted by Gasteiger charge is -2.19. The molecular weight excluding hydrogens is 480 g/mol. The number of nitrogens with one attached hydrogen (secondary N) is 1. The second-order valence-corrected chi connectivity index (χ2v) is 8.80. The van der Waals surface area contributed by atoms with Gasteiger partial charge in [-0.15, -0.1) is 0 Å². The maximum absolute atomic E-state index is 13.1. The third kappa shape index (κ3) is 5.68. The maximum Gasteiger partial charge on any atom is 0.337 e. The number of azo groups is 1. The molecule has 38 heavy (non-hydrogen) atoms. The van der Waals surface area contributed by atoms with Gasteiger partial charge in [0.15, 0.2) is 11.2 Å². The molecule has 2 N–H and O–H groups in total. The predicted molar refractivity (Wildman–Crippen MR) is 146 cm³/mol. The summed E-state index contributed by atoms with van der Waals surface area (Å²) in [6.45, 7) is 5.86. The summed E-state index contributed by atoms with van der Waals surface area (Å²) in [5.74, 6) is -0.760. The monoisotopic (exact) mass is 506 g/mol. The lowest BCUT2D eigenvalue weighted by molar-refractivity contribution is 0.0698. The SMILES string of the molecule is C/C=C(\N=NCc1ccc(C#N)cc1)c1cc(=O)c2cc(C)cc(C(C)Nc3ccccc3C(=O)O)c2o1. The number of fused-ring (bicyclic) bond motifs is 1. The summed E-state index contributed by atoms with van der Waals surface area (Å²) in [4.78, 5) is 24.8. The van der Waals surface area contributed by atoms with Crippen LogP contribution in [-0.4, -0.2) is 11.1 Å². The molecular formula is C30H26N4O4. The Kier molecular flexibility index (Phi) is 7.78. The van der Waals surface area contributed by atoms with Gasteiger partial charge in [-0.3, -0.25) is 4.79 Å². The van der Waals surface area contributed by atoms with Crippen molar-refractivity contribution < 1.29 is 14.3 Å². The molecule has 1 atom stereocenters. The molecule has 1 heterocycles. The third-order valence-corrected chi connectivity index (χ3v) is 6.04. The number of nitrogens with zero attached hydrogens (tertiary/aromatic N) is 3. The van der Waals surface area contributed by atoms with Crippen molar-refractivity contribution in [1.82, 2.24) is 0 Å². The number of carboxylic acid groups (broad SMARTS) is 1. The van der Waals surface area contributed by atoms with E-state index in [2.05, 4.69) is 21.6 Å². The van der Waals surface area contributed by atoms with E-state index < -0.39 is 5.97 Å². The Morgan fingerprint density at radius 1 is 1.16 bits per heavy atom. The zero-order valence-corrected chi connectivity index (χ0v) is 21.2. The first-order chi connectivity index (χ1) is 18.3. The zero-order chi connectivity index (χ0) is 27.2. The first kappa shape index (κ1) is 26.0. The van der Waals surface area contributed by atoms with Gasteiger partial charge >= 0.3 is 5.97 Å². The lowest BCUT2D eigenvalue weighted by Crippen LogP contribution is -2.12. The van der Waals surface area contributed by atoms with Gasteiger partial charge in [-0.05, 0) is 62.2 Å². The molecule has 4 aromatic rings. The molecule has 190 valence electrons. The quantitative estimate of drug-likeness (QED) is 0.251. The van der Waals surface area contributed by atoms with Gasteiger partial charge in [0.05, 0.1) is 35.2 Å². The van der Waals surface area contributed by atoms with Crippen LogP contribution >= 0.6 is 0 Å². The highest BCUT2D eigenvalue weighted by Crippen LogP contribution is 2.30. The van der Waals surface area contributed by atoms with E-state index in [1.807, 2.05) is 32.0 Å². The summed E-state index contributed by atoms with van der Waals surface area (Å²) in [5.41, 5.74) is 4.25. The minimum absolute atomic E-state index is 0.150. The number of allylic oxidation sites excluding steroid dienone is 1. The number of para-hydroxylation sites is 1. The summed E-state index contributed by atoms with van der Waals surface area (Å²) in [5, 5.41) is 30.7. The van der Waals surface area contributed by atoms with Crippen LogP contribution in [0, 0.1) is 18.3 Å². The molecule has 0 spiro atoms. The van der Waals surface area contributed by atoms with Crippen molar-refractivity contribution >= 4 is 28.3 Å². The van der Waals surface area contributed by atoms with Gasteiger partial charge in [0.2, 0.25) is 0 Å². The van der Waals surface area contributed by atoms with Crippen LogP contribution in [0.5, 0.6) is 0 Å². The van der Waals surface area contributed by atoms with Crippen LogP contribution in [0.1, 0.15) is 58.3 Å². The number of rotatable bonds is 8. The van der Waals surface area contributed by atoms with Crippen molar-refractivity contribution in [2.45, 2.75) is 33.4 Å². The van der Waals surface area contributed by atoms with Gasteiger partial charge in [0.25, 0.3) is 0 Å². The van der Waals surface area contributed by atoms with Crippen LogP contribution in [0.25, 0.3) is 16.7 Å².